The van der Waals surface area contributed by atoms with Gasteiger partial charge in [-0.2, -0.15) is 0 Å². The normalized spacial score (nSPS) is 11.7. The number of hydrogen-bond donors (Lipinski definition) is 1. The molecule has 0 saturated carbocycles. The van der Waals surface area contributed by atoms with Crippen LogP contribution in [0.3, 0.4) is 0 Å². The van der Waals surface area contributed by atoms with Crippen LogP contribution in [0.1, 0.15) is 31.7 Å². The Kier molecular flexibility index (Phi) is 4.73. The number of aromatic nitrogens is 2. The first-order valence-electron chi connectivity index (χ1n) is 5.08. The van der Waals surface area contributed by atoms with Gasteiger partial charge in [0.2, 0.25) is 0 Å². The van der Waals surface area contributed by atoms with E-state index in [1.165, 1.54) is 0 Å². The van der Waals surface area contributed by atoms with Gasteiger partial charge in [0, 0.05) is 5.75 Å². The molecule has 6 heteroatoms. The van der Waals surface area contributed by atoms with Gasteiger partial charge in [0.25, 0.3) is 0 Å². The van der Waals surface area contributed by atoms with Gasteiger partial charge in [-0.1, -0.05) is 23.1 Å². The van der Waals surface area contributed by atoms with Crippen LogP contribution < -0.4 is 0 Å². The van der Waals surface area contributed by atoms with Crippen molar-refractivity contribution >= 4 is 29.1 Å². The van der Waals surface area contributed by atoms with Gasteiger partial charge in [-0.3, -0.25) is 4.79 Å². The van der Waals surface area contributed by atoms with Gasteiger partial charge < -0.3 is 5.11 Å². The van der Waals surface area contributed by atoms with E-state index < -0.39 is 11.4 Å². The Labute approximate surface area is 103 Å². The molecule has 0 unspecified atom stereocenters. The van der Waals surface area contributed by atoms with Crippen molar-refractivity contribution in [2.24, 2.45) is 5.41 Å². The predicted octanol–water partition coefficient (Wildman–Crippen LogP) is 2.83. The molecule has 1 aromatic rings. The maximum Gasteiger partial charge on any atom is 0.309 e. The van der Waals surface area contributed by atoms with Gasteiger partial charge in [-0.15, -0.1) is 10.2 Å². The fourth-order valence-corrected chi connectivity index (χ4v) is 2.94. The lowest BCUT2D eigenvalue weighted by atomic mass is 9.88. The first-order valence-corrected chi connectivity index (χ1v) is 6.88. The largest absolute Gasteiger partial charge is 0.481 e. The number of thioether (sulfide) groups is 1. The summed E-state index contributed by atoms with van der Waals surface area (Å²) >= 11 is 3.22. The van der Waals surface area contributed by atoms with Gasteiger partial charge >= 0.3 is 5.97 Å². The molecule has 0 radical (unpaired) electrons. The van der Waals surface area contributed by atoms with Gasteiger partial charge in [0.05, 0.1) is 5.41 Å². The fourth-order valence-electron chi connectivity index (χ4n) is 1.12. The van der Waals surface area contributed by atoms with Crippen molar-refractivity contribution in [3.05, 3.63) is 5.01 Å². The first-order chi connectivity index (χ1) is 7.42. The standard InChI is InChI=1S/C10H16N2O2S2/c1-7-11-12-9(16-7)15-6-4-5-10(2,3)8(13)14/h4-6H2,1-3H3,(H,13,14). The predicted molar refractivity (Wildman–Crippen MR) is 66.0 cm³/mol. The third-order valence-electron chi connectivity index (χ3n) is 2.26. The zero-order valence-electron chi connectivity index (χ0n) is 9.69. The number of aliphatic carboxylic acids is 1. The number of carboxylic acids is 1. The van der Waals surface area contributed by atoms with E-state index in [2.05, 4.69) is 10.2 Å². The third kappa shape index (κ3) is 4.09. The number of hydrogen-bond acceptors (Lipinski definition) is 5. The maximum absolute atomic E-state index is 10.9. The van der Waals surface area contributed by atoms with E-state index in [1.54, 1.807) is 36.9 Å². The lowest BCUT2D eigenvalue weighted by Crippen LogP contribution is -2.23. The number of aryl methyl sites for hydroxylation is 1. The molecule has 1 heterocycles. The summed E-state index contributed by atoms with van der Waals surface area (Å²) in [5.41, 5.74) is -0.627. The summed E-state index contributed by atoms with van der Waals surface area (Å²) < 4.78 is 0.964. The molecule has 1 rings (SSSR count). The molecule has 0 bridgehead atoms. The van der Waals surface area contributed by atoms with Crippen LogP contribution in [0.15, 0.2) is 4.34 Å². The molecular weight excluding hydrogens is 244 g/mol. The summed E-state index contributed by atoms with van der Waals surface area (Å²) in [6, 6.07) is 0. The third-order valence-corrected chi connectivity index (χ3v) is 4.32. The molecule has 0 aliphatic rings. The van der Waals surface area contributed by atoms with E-state index in [0.29, 0.717) is 6.42 Å². The molecule has 0 amide bonds. The van der Waals surface area contributed by atoms with E-state index in [1.807, 2.05) is 6.92 Å². The highest BCUT2D eigenvalue weighted by Gasteiger charge is 2.26. The molecule has 1 aromatic heterocycles. The average Bonchev–Trinajstić information content (AvgIpc) is 2.59. The second kappa shape index (κ2) is 5.63. The van der Waals surface area contributed by atoms with Crippen LogP contribution in [0, 0.1) is 12.3 Å². The summed E-state index contributed by atoms with van der Waals surface area (Å²) in [6.45, 7) is 5.44. The molecule has 0 aromatic carbocycles. The van der Waals surface area contributed by atoms with Crippen LogP contribution in [-0.2, 0) is 4.79 Å². The molecule has 1 N–H and O–H groups in total. The topological polar surface area (TPSA) is 63.1 Å². The van der Waals surface area contributed by atoms with Gasteiger partial charge in [0.1, 0.15) is 5.01 Å². The highest BCUT2D eigenvalue weighted by molar-refractivity contribution is 8.01. The van der Waals surface area contributed by atoms with Crippen molar-refractivity contribution in [2.75, 3.05) is 5.75 Å². The average molecular weight is 260 g/mol. The fraction of sp³-hybridized carbons (Fsp3) is 0.700. The van der Waals surface area contributed by atoms with E-state index in [-0.39, 0.29) is 0 Å². The van der Waals surface area contributed by atoms with E-state index >= 15 is 0 Å². The monoisotopic (exact) mass is 260 g/mol. The lowest BCUT2D eigenvalue weighted by Gasteiger charge is -2.17. The van der Waals surface area contributed by atoms with Crippen molar-refractivity contribution in [3.8, 4) is 0 Å². The summed E-state index contributed by atoms with van der Waals surface area (Å²) in [6.07, 6.45) is 1.57. The minimum atomic E-state index is -0.732. The van der Waals surface area contributed by atoms with Crippen LogP contribution in [-0.4, -0.2) is 27.0 Å². The Morgan fingerprint density at radius 1 is 1.50 bits per heavy atom. The SMILES string of the molecule is Cc1nnc(SCCCC(C)(C)C(=O)O)s1. The van der Waals surface area contributed by atoms with E-state index in [9.17, 15) is 4.79 Å². The molecule has 0 aliphatic heterocycles. The maximum atomic E-state index is 10.9. The van der Waals surface area contributed by atoms with Crippen molar-refractivity contribution < 1.29 is 9.90 Å². The van der Waals surface area contributed by atoms with Crippen LogP contribution in [0.2, 0.25) is 0 Å². The number of rotatable bonds is 6. The zero-order chi connectivity index (χ0) is 12.2. The van der Waals surface area contributed by atoms with Gasteiger partial charge in [-0.25, -0.2) is 0 Å². The van der Waals surface area contributed by atoms with E-state index in [0.717, 1.165) is 21.5 Å². The zero-order valence-corrected chi connectivity index (χ0v) is 11.3. The van der Waals surface area contributed by atoms with Crippen molar-refractivity contribution in [2.45, 2.75) is 38.0 Å². The molecule has 4 nitrogen and oxygen atoms in total. The number of carboxylic acid groups (broad SMARTS) is 1. The minimum Gasteiger partial charge on any atom is -0.481 e. The Bertz CT molecular complexity index is 363. The highest BCUT2D eigenvalue weighted by atomic mass is 32.2. The second-order valence-electron chi connectivity index (χ2n) is 4.23. The molecule has 0 spiro atoms. The Balaban J connectivity index is 2.24. The molecule has 16 heavy (non-hydrogen) atoms. The van der Waals surface area contributed by atoms with Crippen molar-refractivity contribution in [3.63, 3.8) is 0 Å². The second-order valence-corrected chi connectivity index (χ2v) is 6.75. The van der Waals surface area contributed by atoms with Gasteiger partial charge in [0.15, 0.2) is 4.34 Å². The van der Waals surface area contributed by atoms with E-state index in [4.69, 9.17) is 5.11 Å². The summed E-state index contributed by atoms with van der Waals surface area (Å²) in [5, 5.41) is 17.8. The Morgan fingerprint density at radius 2 is 2.19 bits per heavy atom. The molecular formula is C10H16N2O2S2. The summed E-state index contributed by atoms with van der Waals surface area (Å²) in [4.78, 5) is 10.9. The quantitative estimate of drug-likeness (QED) is 0.629. The summed E-state index contributed by atoms with van der Waals surface area (Å²) in [5.74, 6) is 0.162. The highest BCUT2D eigenvalue weighted by Crippen LogP contribution is 2.27. The lowest BCUT2D eigenvalue weighted by molar-refractivity contribution is -0.147. The Morgan fingerprint density at radius 3 is 2.69 bits per heavy atom. The number of nitrogens with zero attached hydrogens (tertiary/aromatic N) is 2. The number of carbonyl (C=O) groups is 1. The molecule has 0 aliphatic carbocycles. The minimum absolute atomic E-state index is 0.627. The smallest absolute Gasteiger partial charge is 0.309 e. The molecule has 0 saturated heterocycles. The van der Waals surface area contributed by atoms with Gasteiger partial charge in [-0.05, 0) is 33.6 Å². The van der Waals surface area contributed by atoms with Crippen molar-refractivity contribution in [1.29, 1.82) is 0 Å². The van der Waals surface area contributed by atoms with Crippen LogP contribution in [0.4, 0.5) is 0 Å². The first kappa shape index (κ1) is 13.4. The van der Waals surface area contributed by atoms with Crippen LogP contribution in [0.5, 0.6) is 0 Å². The molecule has 90 valence electrons. The molecule has 0 atom stereocenters. The Hall–Kier alpha value is -0.620. The van der Waals surface area contributed by atoms with Crippen LogP contribution >= 0.6 is 23.1 Å². The molecule has 0 fully saturated rings. The van der Waals surface area contributed by atoms with Crippen LogP contribution in [0.25, 0.3) is 0 Å². The van der Waals surface area contributed by atoms with Crippen molar-refractivity contribution in [1.82, 2.24) is 10.2 Å². The summed E-state index contributed by atoms with van der Waals surface area (Å²) in [7, 11) is 0.